The maximum atomic E-state index is 12.5. The van der Waals surface area contributed by atoms with E-state index in [2.05, 4.69) is 5.32 Å². The van der Waals surface area contributed by atoms with Crippen LogP contribution in [-0.4, -0.2) is 18.5 Å². The molecule has 3 N–H and O–H groups in total. The Bertz CT molecular complexity index is 731. The molecule has 1 amide bonds. The van der Waals surface area contributed by atoms with E-state index >= 15 is 0 Å². The van der Waals surface area contributed by atoms with Gasteiger partial charge in [0, 0.05) is 12.5 Å². The largest absolute Gasteiger partial charge is 0.466 e. The molecular formula is C21H26N2O3. The molecule has 0 bridgehead atoms. The molecule has 2 aromatic rings. The molecule has 0 aliphatic rings. The molecule has 2 atom stereocenters. The highest BCUT2D eigenvalue weighted by molar-refractivity contribution is 5.79. The molecule has 138 valence electrons. The molecule has 0 aromatic heterocycles. The summed E-state index contributed by atoms with van der Waals surface area (Å²) in [5.74, 6) is -0.535. The van der Waals surface area contributed by atoms with Crippen LogP contribution in [0.15, 0.2) is 54.6 Å². The van der Waals surface area contributed by atoms with Crippen LogP contribution in [0, 0.1) is 6.92 Å². The standard InChI is InChI=1S/C21H26N2O3/c1-3-26-21(25)14-19(17-12-8-7-9-15(17)2)23-20(24)13-18(22)16-10-5-4-6-11-16/h4-12,18-19H,3,13-14,22H2,1-2H3,(H,23,24). The van der Waals surface area contributed by atoms with E-state index in [1.165, 1.54) is 0 Å². The fourth-order valence-corrected chi connectivity index (χ4v) is 2.87. The Kier molecular flexibility index (Phi) is 7.36. The van der Waals surface area contributed by atoms with Gasteiger partial charge in [-0.2, -0.15) is 0 Å². The number of carbonyl (C=O) groups excluding carboxylic acids is 2. The Labute approximate surface area is 154 Å². The number of carbonyl (C=O) groups is 2. The Hall–Kier alpha value is -2.66. The van der Waals surface area contributed by atoms with Crippen LogP contribution in [0.3, 0.4) is 0 Å². The van der Waals surface area contributed by atoms with Gasteiger partial charge < -0.3 is 15.8 Å². The maximum Gasteiger partial charge on any atom is 0.308 e. The van der Waals surface area contributed by atoms with Gasteiger partial charge in [0.05, 0.1) is 19.1 Å². The van der Waals surface area contributed by atoms with E-state index < -0.39 is 12.1 Å². The van der Waals surface area contributed by atoms with Crippen molar-refractivity contribution in [2.75, 3.05) is 6.61 Å². The summed E-state index contributed by atoms with van der Waals surface area (Å²) in [7, 11) is 0. The first-order valence-corrected chi connectivity index (χ1v) is 8.82. The molecule has 0 aliphatic carbocycles. The molecule has 2 aromatic carbocycles. The topological polar surface area (TPSA) is 81.4 Å². The van der Waals surface area contributed by atoms with Crippen molar-refractivity contribution in [1.29, 1.82) is 0 Å². The predicted octanol–water partition coefficient (Wildman–Crippen LogP) is 3.20. The summed E-state index contributed by atoms with van der Waals surface area (Å²) in [6.07, 6.45) is 0.236. The van der Waals surface area contributed by atoms with Crippen molar-refractivity contribution in [3.63, 3.8) is 0 Å². The highest BCUT2D eigenvalue weighted by atomic mass is 16.5. The average molecular weight is 354 g/mol. The van der Waals surface area contributed by atoms with Crippen LogP contribution < -0.4 is 11.1 Å². The molecule has 0 saturated heterocycles. The van der Waals surface area contributed by atoms with Gasteiger partial charge in [0.2, 0.25) is 5.91 Å². The molecular weight excluding hydrogens is 328 g/mol. The molecule has 0 fully saturated rings. The number of aryl methyl sites for hydroxylation is 1. The highest BCUT2D eigenvalue weighted by Gasteiger charge is 2.22. The van der Waals surface area contributed by atoms with Crippen LogP contribution in [0.5, 0.6) is 0 Å². The van der Waals surface area contributed by atoms with Crippen LogP contribution in [0.25, 0.3) is 0 Å². The van der Waals surface area contributed by atoms with Gasteiger partial charge in [-0.1, -0.05) is 54.6 Å². The quantitative estimate of drug-likeness (QED) is 0.713. The van der Waals surface area contributed by atoms with Crippen molar-refractivity contribution >= 4 is 11.9 Å². The van der Waals surface area contributed by atoms with Crippen molar-refractivity contribution in [3.05, 3.63) is 71.3 Å². The summed E-state index contributed by atoms with van der Waals surface area (Å²) in [5, 5.41) is 2.94. The minimum Gasteiger partial charge on any atom is -0.466 e. The first-order chi connectivity index (χ1) is 12.5. The predicted molar refractivity (Wildman–Crippen MR) is 101 cm³/mol. The van der Waals surface area contributed by atoms with Gasteiger partial charge in [0.15, 0.2) is 0 Å². The number of benzene rings is 2. The van der Waals surface area contributed by atoms with Gasteiger partial charge >= 0.3 is 5.97 Å². The fraction of sp³-hybridized carbons (Fsp3) is 0.333. The molecule has 0 aliphatic heterocycles. The van der Waals surface area contributed by atoms with Gasteiger partial charge in [0.25, 0.3) is 0 Å². The molecule has 0 heterocycles. The smallest absolute Gasteiger partial charge is 0.308 e. The van der Waals surface area contributed by atoms with Crippen LogP contribution >= 0.6 is 0 Å². The van der Waals surface area contributed by atoms with Crippen LogP contribution in [0.4, 0.5) is 0 Å². The molecule has 2 unspecified atom stereocenters. The summed E-state index contributed by atoms with van der Waals surface area (Å²) in [5.41, 5.74) is 8.95. The Morgan fingerprint density at radius 3 is 2.35 bits per heavy atom. The van der Waals surface area contributed by atoms with E-state index in [0.29, 0.717) is 6.61 Å². The first-order valence-electron chi connectivity index (χ1n) is 8.82. The van der Waals surface area contributed by atoms with E-state index in [-0.39, 0.29) is 24.7 Å². The minimum absolute atomic E-state index is 0.0883. The number of rotatable bonds is 8. The van der Waals surface area contributed by atoms with Gasteiger partial charge in [0.1, 0.15) is 0 Å². The van der Waals surface area contributed by atoms with Gasteiger partial charge in [-0.05, 0) is 30.5 Å². The zero-order valence-electron chi connectivity index (χ0n) is 15.3. The number of amides is 1. The van der Waals surface area contributed by atoms with Crippen LogP contribution in [0.1, 0.15) is 48.5 Å². The summed E-state index contributed by atoms with van der Waals surface area (Å²) < 4.78 is 5.05. The number of hydrogen-bond acceptors (Lipinski definition) is 4. The summed E-state index contributed by atoms with van der Waals surface area (Å²) >= 11 is 0. The third-order valence-electron chi connectivity index (χ3n) is 4.21. The second kappa shape index (κ2) is 9.73. The van der Waals surface area contributed by atoms with Gasteiger partial charge in [-0.15, -0.1) is 0 Å². The van der Waals surface area contributed by atoms with Crippen molar-refractivity contribution in [1.82, 2.24) is 5.32 Å². The molecule has 2 rings (SSSR count). The molecule has 5 heteroatoms. The second-order valence-electron chi connectivity index (χ2n) is 6.21. The van der Waals surface area contributed by atoms with E-state index in [9.17, 15) is 9.59 Å². The minimum atomic E-state index is -0.439. The monoisotopic (exact) mass is 354 g/mol. The third-order valence-corrected chi connectivity index (χ3v) is 4.21. The Morgan fingerprint density at radius 1 is 1.04 bits per heavy atom. The fourth-order valence-electron chi connectivity index (χ4n) is 2.87. The average Bonchev–Trinajstić information content (AvgIpc) is 2.62. The molecule has 0 saturated carbocycles. The van der Waals surface area contributed by atoms with Crippen molar-refractivity contribution < 1.29 is 14.3 Å². The normalized spacial score (nSPS) is 12.9. The zero-order valence-corrected chi connectivity index (χ0v) is 15.3. The molecule has 0 spiro atoms. The maximum absolute atomic E-state index is 12.5. The van der Waals surface area contributed by atoms with Crippen molar-refractivity contribution in [3.8, 4) is 0 Å². The number of ether oxygens (including phenoxy) is 1. The molecule has 26 heavy (non-hydrogen) atoms. The van der Waals surface area contributed by atoms with E-state index in [0.717, 1.165) is 16.7 Å². The van der Waals surface area contributed by atoms with E-state index in [4.69, 9.17) is 10.5 Å². The lowest BCUT2D eigenvalue weighted by Crippen LogP contribution is -2.33. The summed E-state index contributed by atoms with van der Waals surface area (Å²) in [4.78, 5) is 24.5. The Morgan fingerprint density at radius 2 is 1.69 bits per heavy atom. The molecule has 5 nitrogen and oxygen atoms in total. The summed E-state index contributed by atoms with van der Waals surface area (Å²) in [6.45, 7) is 4.03. The number of esters is 1. The zero-order chi connectivity index (χ0) is 18.9. The Balaban J connectivity index is 2.09. The SMILES string of the molecule is CCOC(=O)CC(NC(=O)CC(N)c1ccccc1)c1ccccc1C. The number of nitrogens with two attached hydrogens (primary N) is 1. The molecule has 0 radical (unpaired) electrons. The third kappa shape index (κ3) is 5.70. The highest BCUT2D eigenvalue weighted by Crippen LogP contribution is 2.22. The summed E-state index contributed by atoms with van der Waals surface area (Å²) in [6, 6.07) is 16.3. The number of hydrogen-bond donors (Lipinski definition) is 2. The van der Waals surface area contributed by atoms with Crippen LogP contribution in [-0.2, 0) is 14.3 Å². The van der Waals surface area contributed by atoms with Crippen molar-refractivity contribution in [2.45, 2.75) is 38.8 Å². The van der Waals surface area contributed by atoms with E-state index in [1.54, 1.807) is 6.92 Å². The van der Waals surface area contributed by atoms with Gasteiger partial charge in [-0.25, -0.2) is 0 Å². The lowest BCUT2D eigenvalue weighted by Gasteiger charge is -2.21. The lowest BCUT2D eigenvalue weighted by atomic mass is 9.98. The van der Waals surface area contributed by atoms with Crippen LogP contribution in [0.2, 0.25) is 0 Å². The van der Waals surface area contributed by atoms with Crippen molar-refractivity contribution in [2.24, 2.45) is 5.73 Å². The first kappa shape index (κ1) is 19.7. The lowest BCUT2D eigenvalue weighted by molar-refractivity contribution is -0.143. The number of nitrogens with one attached hydrogen (secondary N) is 1. The van der Waals surface area contributed by atoms with Gasteiger partial charge in [-0.3, -0.25) is 9.59 Å². The second-order valence-corrected chi connectivity index (χ2v) is 6.21. The van der Waals surface area contributed by atoms with E-state index in [1.807, 2.05) is 61.5 Å².